The van der Waals surface area contributed by atoms with Crippen LogP contribution in [-0.2, 0) is 19.7 Å². The molecule has 0 aromatic heterocycles. The minimum absolute atomic E-state index is 0.317. The van der Waals surface area contributed by atoms with Gasteiger partial charge in [0.05, 0.1) is 18.6 Å². The van der Waals surface area contributed by atoms with Crippen LogP contribution in [0.25, 0.3) is 11.1 Å². The van der Waals surface area contributed by atoms with Crippen molar-refractivity contribution in [3.63, 3.8) is 0 Å². The summed E-state index contributed by atoms with van der Waals surface area (Å²) in [5.41, 5.74) is 4.24. The molecule has 0 saturated carbocycles. The summed E-state index contributed by atoms with van der Waals surface area (Å²) >= 11 is 0. The fourth-order valence-corrected chi connectivity index (χ4v) is 3.39. The van der Waals surface area contributed by atoms with Crippen molar-refractivity contribution in [2.75, 3.05) is 13.2 Å². The number of carboxylic acid groups (broad SMARTS) is 1. The van der Waals surface area contributed by atoms with E-state index in [2.05, 4.69) is 24.3 Å². The monoisotopic (exact) mass is 282 g/mol. The van der Waals surface area contributed by atoms with E-state index in [1.54, 1.807) is 0 Å². The Bertz CT molecular complexity index is 667. The van der Waals surface area contributed by atoms with E-state index in [0.717, 1.165) is 11.1 Å². The zero-order valence-electron chi connectivity index (χ0n) is 11.3. The average molecular weight is 282 g/mol. The third-order valence-electron chi connectivity index (χ3n) is 4.34. The van der Waals surface area contributed by atoms with Gasteiger partial charge in [-0.1, -0.05) is 48.5 Å². The zero-order chi connectivity index (χ0) is 14.4. The lowest BCUT2D eigenvalue weighted by Crippen LogP contribution is -2.47. The molecule has 1 spiro atoms. The first-order chi connectivity index (χ1) is 10.2. The van der Waals surface area contributed by atoms with Gasteiger partial charge in [-0.15, -0.1) is 0 Å². The minimum atomic E-state index is -1.17. The molecule has 1 N–H and O–H groups in total. The molecule has 1 saturated heterocycles. The Hall–Kier alpha value is -2.17. The van der Waals surface area contributed by atoms with Crippen LogP contribution < -0.4 is 0 Å². The topological polar surface area (TPSA) is 55.8 Å². The summed E-state index contributed by atoms with van der Waals surface area (Å²) in [5, 5.41) is 9.01. The highest BCUT2D eigenvalue weighted by atomic mass is 16.7. The molecule has 4 nitrogen and oxygen atoms in total. The SMILES string of the molecule is O=C(O)C1OCC2(CO1)c1ccccc1-c1ccccc12. The second-order valence-electron chi connectivity index (χ2n) is 5.47. The van der Waals surface area contributed by atoms with E-state index in [0.29, 0.717) is 13.2 Å². The smallest absolute Gasteiger partial charge is 0.361 e. The van der Waals surface area contributed by atoms with Gasteiger partial charge >= 0.3 is 5.97 Å². The van der Waals surface area contributed by atoms with Crippen LogP contribution in [0.4, 0.5) is 0 Å². The molecule has 106 valence electrons. The number of rotatable bonds is 1. The minimum Gasteiger partial charge on any atom is -0.477 e. The van der Waals surface area contributed by atoms with Crippen molar-refractivity contribution >= 4 is 5.97 Å². The molecular formula is C17H14O4. The van der Waals surface area contributed by atoms with E-state index in [9.17, 15) is 4.79 Å². The molecular weight excluding hydrogens is 268 g/mol. The Balaban J connectivity index is 1.84. The summed E-state index contributed by atoms with van der Waals surface area (Å²) in [4.78, 5) is 11.0. The lowest BCUT2D eigenvalue weighted by molar-refractivity contribution is -0.218. The summed E-state index contributed by atoms with van der Waals surface area (Å²) in [6.45, 7) is 0.635. The van der Waals surface area contributed by atoms with Crippen molar-refractivity contribution in [1.29, 1.82) is 0 Å². The van der Waals surface area contributed by atoms with Crippen molar-refractivity contribution in [2.24, 2.45) is 0 Å². The summed E-state index contributed by atoms with van der Waals surface area (Å²) in [6, 6.07) is 16.3. The number of hydrogen-bond donors (Lipinski definition) is 1. The van der Waals surface area contributed by atoms with E-state index < -0.39 is 17.7 Å². The van der Waals surface area contributed by atoms with Gasteiger partial charge in [-0.2, -0.15) is 0 Å². The molecule has 0 radical (unpaired) electrons. The molecule has 1 aliphatic heterocycles. The first kappa shape index (κ1) is 12.6. The molecule has 0 atom stereocenters. The van der Waals surface area contributed by atoms with Gasteiger partial charge in [-0.25, -0.2) is 4.79 Å². The number of hydrogen-bond acceptors (Lipinski definition) is 3. The van der Waals surface area contributed by atoms with E-state index >= 15 is 0 Å². The Morgan fingerprint density at radius 2 is 1.43 bits per heavy atom. The number of carboxylic acids is 1. The fourth-order valence-electron chi connectivity index (χ4n) is 3.39. The predicted molar refractivity (Wildman–Crippen MR) is 76.0 cm³/mol. The fraction of sp³-hybridized carbons (Fsp3) is 0.235. The van der Waals surface area contributed by atoms with Gasteiger partial charge in [0.15, 0.2) is 0 Å². The highest BCUT2D eigenvalue weighted by Crippen LogP contribution is 2.50. The molecule has 0 amide bonds. The summed E-state index contributed by atoms with van der Waals surface area (Å²) in [6.07, 6.45) is -1.17. The van der Waals surface area contributed by atoms with Crippen LogP contribution in [0.3, 0.4) is 0 Å². The molecule has 0 unspecified atom stereocenters. The number of aliphatic carboxylic acids is 1. The lowest BCUT2D eigenvalue weighted by atomic mass is 9.79. The number of carbonyl (C=O) groups is 1. The molecule has 1 heterocycles. The maximum Gasteiger partial charge on any atom is 0.361 e. The van der Waals surface area contributed by atoms with Crippen molar-refractivity contribution in [1.82, 2.24) is 0 Å². The molecule has 4 rings (SSSR count). The number of fused-ring (bicyclic) bond motifs is 5. The maximum absolute atomic E-state index is 11.0. The van der Waals surface area contributed by atoms with Gasteiger partial charge < -0.3 is 14.6 Å². The van der Waals surface area contributed by atoms with Gasteiger partial charge in [0.2, 0.25) is 0 Å². The molecule has 2 aliphatic rings. The third kappa shape index (κ3) is 1.66. The molecule has 2 aromatic rings. The van der Waals surface area contributed by atoms with Gasteiger partial charge in [0, 0.05) is 0 Å². The zero-order valence-corrected chi connectivity index (χ0v) is 11.3. The van der Waals surface area contributed by atoms with Crippen molar-refractivity contribution < 1.29 is 19.4 Å². The first-order valence-electron chi connectivity index (χ1n) is 6.88. The number of benzene rings is 2. The van der Waals surface area contributed by atoms with Crippen molar-refractivity contribution in [2.45, 2.75) is 11.7 Å². The van der Waals surface area contributed by atoms with Gasteiger partial charge in [0.1, 0.15) is 0 Å². The van der Waals surface area contributed by atoms with Crippen LogP contribution in [0, 0.1) is 0 Å². The van der Waals surface area contributed by atoms with Crippen LogP contribution >= 0.6 is 0 Å². The van der Waals surface area contributed by atoms with Crippen molar-refractivity contribution in [3.8, 4) is 11.1 Å². The predicted octanol–water partition coefficient (Wildman–Crippen LogP) is 2.41. The van der Waals surface area contributed by atoms with Gasteiger partial charge in [-0.3, -0.25) is 0 Å². The molecule has 1 fully saturated rings. The van der Waals surface area contributed by atoms with Crippen LogP contribution in [0.5, 0.6) is 0 Å². The summed E-state index contributed by atoms with van der Waals surface area (Å²) < 4.78 is 10.9. The third-order valence-corrected chi connectivity index (χ3v) is 4.34. The van der Waals surface area contributed by atoms with Crippen LogP contribution in [-0.4, -0.2) is 30.6 Å². The van der Waals surface area contributed by atoms with Crippen LogP contribution in [0.15, 0.2) is 48.5 Å². The Labute approximate surface area is 121 Å². The maximum atomic E-state index is 11.0. The largest absolute Gasteiger partial charge is 0.477 e. The van der Waals surface area contributed by atoms with Crippen molar-refractivity contribution in [3.05, 3.63) is 59.7 Å². The normalized spacial score (nSPS) is 19.2. The second kappa shape index (κ2) is 4.41. The Kier molecular flexibility index (Phi) is 2.64. The van der Waals surface area contributed by atoms with Gasteiger partial charge in [0.25, 0.3) is 6.29 Å². The highest BCUT2D eigenvalue weighted by molar-refractivity contribution is 5.81. The molecule has 0 bridgehead atoms. The van der Waals surface area contributed by atoms with E-state index in [1.165, 1.54) is 11.1 Å². The Morgan fingerprint density at radius 1 is 0.952 bits per heavy atom. The molecule has 21 heavy (non-hydrogen) atoms. The van der Waals surface area contributed by atoms with Gasteiger partial charge in [-0.05, 0) is 22.3 Å². The lowest BCUT2D eigenvalue weighted by Gasteiger charge is -2.37. The average Bonchev–Trinajstić information content (AvgIpc) is 2.80. The summed E-state index contributed by atoms with van der Waals surface area (Å²) in [7, 11) is 0. The standard InChI is InChI=1S/C17H14O4/c18-15(19)16-20-9-17(10-21-16)13-7-3-1-5-11(13)12-6-2-4-8-14(12)17/h1-8,16H,9-10H2,(H,18,19). The highest BCUT2D eigenvalue weighted by Gasteiger charge is 2.47. The molecule has 4 heteroatoms. The second-order valence-corrected chi connectivity index (χ2v) is 5.47. The van der Waals surface area contributed by atoms with E-state index in [-0.39, 0.29) is 0 Å². The Morgan fingerprint density at radius 3 is 1.90 bits per heavy atom. The molecule has 2 aromatic carbocycles. The molecule has 1 aliphatic carbocycles. The van der Waals surface area contributed by atoms with Crippen LogP contribution in [0.2, 0.25) is 0 Å². The summed E-state index contributed by atoms with van der Waals surface area (Å²) in [5.74, 6) is -1.08. The first-order valence-corrected chi connectivity index (χ1v) is 6.88. The number of ether oxygens (including phenoxy) is 2. The quantitative estimate of drug-likeness (QED) is 0.872. The van der Waals surface area contributed by atoms with E-state index in [4.69, 9.17) is 14.6 Å². The van der Waals surface area contributed by atoms with E-state index in [1.807, 2.05) is 24.3 Å². The van der Waals surface area contributed by atoms with Crippen LogP contribution in [0.1, 0.15) is 11.1 Å².